The van der Waals surface area contributed by atoms with Gasteiger partial charge >= 0.3 is 0 Å². The molecule has 4 heteroatoms. The Kier molecular flexibility index (Phi) is 49.2. The first kappa shape index (κ1) is 56.4. The molecule has 0 aromatic carbocycles. The van der Waals surface area contributed by atoms with Gasteiger partial charge in [0.25, 0.3) is 0 Å². The summed E-state index contributed by atoms with van der Waals surface area (Å²) in [6, 6.07) is -0.530. The molecule has 0 saturated heterocycles. The molecule has 0 aromatic heterocycles. The van der Waals surface area contributed by atoms with Crippen LogP contribution in [-0.2, 0) is 4.79 Å². The Bertz CT molecular complexity index is 744. The minimum absolute atomic E-state index is 0.0240. The number of nitrogens with one attached hydrogen (secondary N) is 1. The molecule has 3 N–H and O–H groups in total. The van der Waals surface area contributed by atoms with Crippen LogP contribution in [-0.4, -0.2) is 34.9 Å². The van der Waals surface area contributed by atoms with Crippen molar-refractivity contribution in [2.75, 3.05) is 6.61 Å². The average Bonchev–Trinajstić information content (AvgIpc) is 3.22. The summed E-state index contributed by atoms with van der Waals surface area (Å²) in [6.07, 6.45) is 62.3. The molecule has 342 valence electrons. The number of aliphatic hydroxyl groups excluding tert-OH is 2. The van der Waals surface area contributed by atoms with E-state index in [1.165, 1.54) is 263 Å². The number of aliphatic hydroxyl groups is 2. The predicted molar refractivity (Wildman–Crippen MR) is 253 cm³/mol. The molecule has 0 aromatic rings. The maximum Gasteiger partial charge on any atom is 0.220 e. The number of rotatable bonds is 50. The maximum absolute atomic E-state index is 12.4. The highest BCUT2D eigenvalue weighted by Crippen LogP contribution is 2.18. The van der Waals surface area contributed by atoms with Crippen LogP contribution in [0.3, 0.4) is 0 Å². The molecule has 57 heavy (non-hydrogen) atoms. The van der Waals surface area contributed by atoms with E-state index in [4.69, 9.17) is 0 Å². The molecule has 4 nitrogen and oxygen atoms in total. The first-order valence-corrected chi connectivity index (χ1v) is 26.7. The second-order valence-electron chi connectivity index (χ2n) is 18.7. The summed E-state index contributed by atoms with van der Waals surface area (Å²) < 4.78 is 0. The van der Waals surface area contributed by atoms with Gasteiger partial charge in [-0.3, -0.25) is 4.79 Å². The van der Waals surface area contributed by atoms with Crippen LogP contribution in [0.4, 0.5) is 0 Å². The molecule has 0 heterocycles. The highest BCUT2D eigenvalue weighted by Gasteiger charge is 2.20. The van der Waals surface area contributed by atoms with Crippen LogP contribution >= 0.6 is 0 Å². The van der Waals surface area contributed by atoms with Crippen molar-refractivity contribution in [2.45, 2.75) is 328 Å². The molecular weight excluding hydrogens is 699 g/mol. The smallest absolute Gasteiger partial charge is 0.220 e. The minimum Gasteiger partial charge on any atom is -0.394 e. The van der Waals surface area contributed by atoms with Crippen molar-refractivity contribution in [3.63, 3.8) is 0 Å². The Hall–Kier alpha value is -0.610. The van der Waals surface area contributed by atoms with Gasteiger partial charge in [-0.25, -0.2) is 0 Å². The molecule has 0 saturated carbocycles. The molecule has 2 atom stereocenters. The van der Waals surface area contributed by atoms with Gasteiger partial charge < -0.3 is 15.5 Å². The van der Waals surface area contributed by atoms with E-state index in [1.54, 1.807) is 0 Å². The molecular formula is C53H107NO3. The van der Waals surface area contributed by atoms with Gasteiger partial charge in [0.15, 0.2) is 0 Å². The second-order valence-corrected chi connectivity index (χ2v) is 18.7. The summed E-state index contributed by atoms with van der Waals surface area (Å²) in [7, 11) is 0. The van der Waals surface area contributed by atoms with E-state index in [-0.39, 0.29) is 12.5 Å². The second kappa shape index (κ2) is 49.8. The number of unbranched alkanes of at least 4 members (excludes halogenated alkanes) is 43. The number of hydrogen-bond acceptors (Lipinski definition) is 3. The van der Waals surface area contributed by atoms with Gasteiger partial charge in [-0.05, 0) is 12.8 Å². The van der Waals surface area contributed by atoms with E-state index < -0.39 is 12.1 Å². The Balaban J connectivity index is 3.39. The lowest BCUT2D eigenvalue weighted by Gasteiger charge is -2.22. The van der Waals surface area contributed by atoms with Gasteiger partial charge in [0.2, 0.25) is 5.91 Å². The number of carbonyl (C=O) groups is 1. The van der Waals surface area contributed by atoms with Crippen LogP contribution in [0.25, 0.3) is 0 Å². The van der Waals surface area contributed by atoms with Gasteiger partial charge in [0.05, 0.1) is 18.8 Å². The fourth-order valence-corrected chi connectivity index (χ4v) is 8.78. The summed E-state index contributed by atoms with van der Waals surface area (Å²) >= 11 is 0. The predicted octanol–water partition coefficient (Wildman–Crippen LogP) is 17.2. The zero-order chi connectivity index (χ0) is 41.4. The molecule has 0 aliphatic heterocycles. The molecule has 1 amide bonds. The van der Waals surface area contributed by atoms with Crippen LogP contribution in [0.5, 0.6) is 0 Å². The van der Waals surface area contributed by atoms with E-state index in [2.05, 4.69) is 19.2 Å². The normalized spacial score (nSPS) is 12.7. The zero-order valence-electron chi connectivity index (χ0n) is 39.4. The highest BCUT2D eigenvalue weighted by molar-refractivity contribution is 5.76. The lowest BCUT2D eigenvalue weighted by atomic mass is 10.0. The maximum atomic E-state index is 12.4. The van der Waals surface area contributed by atoms with Crippen LogP contribution in [0.15, 0.2) is 0 Å². The van der Waals surface area contributed by atoms with Gasteiger partial charge in [-0.15, -0.1) is 0 Å². The number of hydrogen-bond donors (Lipinski definition) is 3. The number of carbonyl (C=O) groups excluding carboxylic acids is 1. The Morgan fingerprint density at radius 3 is 0.789 bits per heavy atom. The molecule has 0 spiro atoms. The third-order valence-corrected chi connectivity index (χ3v) is 12.9. The largest absolute Gasteiger partial charge is 0.394 e. The van der Waals surface area contributed by atoms with Crippen molar-refractivity contribution < 1.29 is 15.0 Å². The van der Waals surface area contributed by atoms with E-state index in [0.29, 0.717) is 12.8 Å². The van der Waals surface area contributed by atoms with Crippen LogP contribution in [0.1, 0.15) is 316 Å². The van der Waals surface area contributed by atoms with Gasteiger partial charge in [0, 0.05) is 6.42 Å². The fraction of sp³-hybridized carbons (Fsp3) is 0.981. The first-order valence-electron chi connectivity index (χ1n) is 26.7. The quantitative estimate of drug-likeness (QED) is 0.0536. The lowest BCUT2D eigenvalue weighted by Crippen LogP contribution is -2.45. The summed E-state index contributed by atoms with van der Waals surface area (Å²) in [4.78, 5) is 12.4. The first-order chi connectivity index (χ1) is 28.2. The molecule has 0 aliphatic carbocycles. The Labute approximate surface area is 359 Å². The lowest BCUT2D eigenvalue weighted by molar-refractivity contribution is -0.123. The van der Waals surface area contributed by atoms with Crippen molar-refractivity contribution in [1.82, 2.24) is 5.32 Å². The Morgan fingerprint density at radius 2 is 0.561 bits per heavy atom. The molecule has 0 aliphatic rings. The summed E-state index contributed by atoms with van der Waals surface area (Å²) in [5.41, 5.74) is 0. The molecule has 0 rings (SSSR count). The third-order valence-electron chi connectivity index (χ3n) is 12.9. The molecule has 2 unspecified atom stereocenters. The SMILES string of the molecule is CCCCCCCCCCCCCCCCCCCCCCCCCCCCCCCC(O)C(CO)NC(=O)CCCCCCCCCCCCCCCCCC. The van der Waals surface area contributed by atoms with Crippen LogP contribution < -0.4 is 5.32 Å². The van der Waals surface area contributed by atoms with Crippen LogP contribution in [0, 0.1) is 0 Å². The van der Waals surface area contributed by atoms with Gasteiger partial charge in [-0.2, -0.15) is 0 Å². The van der Waals surface area contributed by atoms with Crippen molar-refractivity contribution in [3.05, 3.63) is 0 Å². The minimum atomic E-state index is -0.654. The van der Waals surface area contributed by atoms with Crippen LogP contribution in [0.2, 0.25) is 0 Å². The molecule has 0 fully saturated rings. The van der Waals surface area contributed by atoms with E-state index in [0.717, 1.165) is 25.7 Å². The highest BCUT2D eigenvalue weighted by atomic mass is 16.3. The summed E-state index contributed by atoms with van der Waals surface area (Å²) in [6.45, 7) is 4.40. The monoisotopic (exact) mass is 806 g/mol. The van der Waals surface area contributed by atoms with Crippen molar-refractivity contribution in [1.29, 1.82) is 0 Å². The average molecular weight is 806 g/mol. The molecule has 0 bridgehead atoms. The number of amides is 1. The summed E-state index contributed by atoms with van der Waals surface area (Å²) in [5, 5.41) is 23.3. The van der Waals surface area contributed by atoms with Gasteiger partial charge in [-0.1, -0.05) is 296 Å². The van der Waals surface area contributed by atoms with Crippen molar-refractivity contribution in [2.24, 2.45) is 0 Å². The fourth-order valence-electron chi connectivity index (χ4n) is 8.78. The van der Waals surface area contributed by atoms with Crippen molar-refractivity contribution >= 4 is 5.91 Å². The molecule has 0 radical (unpaired) electrons. The van der Waals surface area contributed by atoms with Gasteiger partial charge in [0.1, 0.15) is 0 Å². The Morgan fingerprint density at radius 1 is 0.351 bits per heavy atom. The topological polar surface area (TPSA) is 69.6 Å². The van der Waals surface area contributed by atoms with E-state index in [1.807, 2.05) is 0 Å². The summed E-state index contributed by atoms with van der Waals surface area (Å²) in [5.74, 6) is -0.0240. The van der Waals surface area contributed by atoms with E-state index in [9.17, 15) is 15.0 Å². The van der Waals surface area contributed by atoms with Crippen molar-refractivity contribution in [3.8, 4) is 0 Å². The third kappa shape index (κ3) is 46.3. The standard InChI is InChI=1S/C53H107NO3/c1-3-5-7-9-11-13-15-17-19-21-22-23-24-25-26-27-28-29-30-31-32-33-34-36-38-40-42-44-46-48-52(56)51(50-55)54-53(57)49-47-45-43-41-39-37-35-20-18-16-14-12-10-8-6-4-2/h51-52,55-56H,3-50H2,1-2H3,(H,54,57). The van der Waals surface area contributed by atoms with E-state index >= 15 is 0 Å². The zero-order valence-corrected chi connectivity index (χ0v) is 39.4.